The zero-order chi connectivity index (χ0) is 21.5. The molecule has 0 unspecified atom stereocenters. The highest BCUT2D eigenvalue weighted by Gasteiger charge is 2.31. The van der Waals surface area contributed by atoms with Gasteiger partial charge in [0.1, 0.15) is 0 Å². The third kappa shape index (κ3) is 3.70. The lowest BCUT2D eigenvalue weighted by Crippen LogP contribution is -2.44. The fourth-order valence-corrected chi connectivity index (χ4v) is 4.56. The van der Waals surface area contributed by atoms with E-state index in [0.29, 0.717) is 10.6 Å². The highest BCUT2D eigenvalue weighted by atomic mass is 32.2. The monoisotopic (exact) mass is 434 g/mol. The number of imide groups is 1. The number of hydrogen-bond donors (Lipinski definition) is 0. The zero-order valence-electron chi connectivity index (χ0n) is 17.4. The van der Waals surface area contributed by atoms with Gasteiger partial charge in [-0.25, -0.2) is 9.50 Å². The first kappa shape index (κ1) is 19.8. The molecule has 2 amide bonds. The van der Waals surface area contributed by atoms with Crippen LogP contribution < -0.4 is 4.90 Å². The highest BCUT2D eigenvalue weighted by molar-refractivity contribution is 8.18. The number of anilines is 1. The summed E-state index contributed by atoms with van der Waals surface area (Å²) in [5.41, 5.74) is 4.43. The maximum absolute atomic E-state index is 12.2. The number of rotatable bonds is 3. The zero-order valence-corrected chi connectivity index (χ0v) is 18.2. The van der Waals surface area contributed by atoms with Gasteiger partial charge in [-0.15, -0.1) is 0 Å². The Morgan fingerprint density at radius 3 is 2.39 bits per heavy atom. The van der Waals surface area contributed by atoms with Crippen LogP contribution in [0.4, 0.5) is 10.5 Å². The molecule has 3 aromatic rings. The molecule has 0 radical (unpaired) electrons. The van der Waals surface area contributed by atoms with Gasteiger partial charge in [-0.1, -0.05) is 12.1 Å². The minimum absolute atomic E-state index is 0.277. The number of nitrogens with zero attached hydrogens (tertiary/aromatic N) is 6. The summed E-state index contributed by atoms with van der Waals surface area (Å²) in [5.74, 6) is -0.303. The molecule has 0 bridgehead atoms. The van der Waals surface area contributed by atoms with Gasteiger partial charge in [0.25, 0.3) is 11.1 Å². The average molecular weight is 435 g/mol. The lowest BCUT2D eigenvalue weighted by atomic mass is 10.1. The first-order chi connectivity index (χ1) is 15.0. The van der Waals surface area contributed by atoms with E-state index in [1.54, 1.807) is 22.9 Å². The number of carbonyl (C=O) groups is 2. The summed E-state index contributed by atoms with van der Waals surface area (Å²) in [4.78, 5) is 34.6. The Morgan fingerprint density at radius 2 is 1.71 bits per heavy atom. The van der Waals surface area contributed by atoms with Gasteiger partial charge >= 0.3 is 0 Å². The van der Waals surface area contributed by atoms with Crippen LogP contribution in [0.15, 0.2) is 47.5 Å². The second-order valence-electron chi connectivity index (χ2n) is 7.75. The standard InChI is InChI=1S/C22H22N6O2S/c1-25-9-11-27(12-10-25)17-6-3-15(4-7-17)18-14-23-20-8-5-16(24-28(18)20)13-19-21(29)26(2)22(30)31-19/h3-8,13-14H,9-12H2,1-2H3. The van der Waals surface area contributed by atoms with Crippen molar-refractivity contribution < 1.29 is 9.59 Å². The summed E-state index contributed by atoms with van der Waals surface area (Å²) in [6.45, 7) is 4.19. The topological polar surface area (TPSA) is 74.0 Å². The van der Waals surface area contributed by atoms with Crippen molar-refractivity contribution in [3.63, 3.8) is 0 Å². The molecule has 2 fully saturated rings. The number of likely N-dealkylation sites (N-methyl/N-ethyl adjacent to an activating group) is 2. The molecule has 2 aliphatic heterocycles. The van der Waals surface area contributed by atoms with Gasteiger partial charge in [-0.3, -0.25) is 14.5 Å². The van der Waals surface area contributed by atoms with Crippen LogP contribution in [-0.4, -0.2) is 75.8 Å². The molecule has 0 spiro atoms. The maximum Gasteiger partial charge on any atom is 0.293 e. The predicted octanol–water partition coefficient (Wildman–Crippen LogP) is 2.81. The molecular weight excluding hydrogens is 412 g/mol. The number of piperazine rings is 1. The van der Waals surface area contributed by atoms with Crippen LogP contribution in [0.5, 0.6) is 0 Å². The minimum atomic E-state index is -0.303. The van der Waals surface area contributed by atoms with Crippen molar-refractivity contribution in [1.82, 2.24) is 24.4 Å². The molecule has 5 rings (SSSR count). The van der Waals surface area contributed by atoms with Crippen molar-refractivity contribution in [2.75, 3.05) is 45.2 Å². The molecule has 4 heterocycles. The smallest absolute Gasteiger partial charge is 0.293 e. The first-order valence-corrected chi connectivity index (χ1v) is 10.9. The van der Waals surface area contributed by atoms with Crippen molar-refractivity contribution in [3.05, 3.63) is 53.2 Å². The van der Waals surface area contributed by atoms with E-state index in [1.807, 2.05) is 6.07 Å². The Balaban J connectivity index is 1.44. The maximum atomic E-state index is 12.2. The Morgan fingerprint density at radius 1 is 0.968 bits per heavy atom. The number of thioether (sulfide) groups is 1. The normalized spacial score (nSPS) is 19.2. The Kier molecular flexibility index (Phi) is 4.99. The summed E-state index contributed by atoms with van der Waals surface area (Å²) in [7, 11) is 3.63. The Bertz CT molecular complexity index is 1190. The van der Waals surface area contributed by atoms with Crippen LogP contribution in [0.25, 0.3) is 23.0 Å². The first-order valence-electron chi connectivity index (χ1n) is 10.1. The van der Waals surface area contributed by atoms with E-state index in [-0.39, 0.29) is 11.1 Å². The lowest BCUT2D eigenvalue weighted by Gasteiger charge is -2.34. The van der Waals surface area contributed by atoms with Gasteiger partial charge in [0.2, 0.25) is 0 Å². The number of imidazole rings is 1. The summed E-state index contributed by atoms with van der Waals surface area (Å²) in [5, 5.41) is 4.37. The van der Waals surface area contributed by atoms with Gasteiger partial charge in [-0.05, 0) is 49.2 Å². The fraction of sp³-hybridized carbons (Fsp3) is 0.273. The van der Waals surface area contributed by atoms with E-state index in [2.05, 4.69) is 51.2 Å². The second-order valence-corrected chi connectivity index (χ2v) is 8.74. The highest BCUT2D eigenvalue weighted by Crippen LogP contribution is 2.31. The number of carbonyl (C=O) groups excluding carboxylic acids is 2. The number of benzene rings is 1. The third-order valence-corrected chi connectivity index (χ3v) is 6.64. The van der Waals surface area contributed by atoms with Gasteiger partial charge in [-0.2, -0.15) is 5.10 Å². The molecule has 1 aromatic carbocycles. The van der Waals surface area contributed by atoms with Crippen LogP contribution in [-0.2, 0) is 4.79 Å². The van der Waals surface area contributed by atoms with Crippen molar-refractivity contribution in [2.45, 2.75) is 0 Å². The molecule has 8 nitrogen and oxygen atoms in total. The van der Waals surface area contributed by atoms with Crippen molar-refractivity contribution >= 4 is 40.3 Å². The third-order valence-electron chi connectivity index (χ3n) is 5.68. The van der Waals surface area contributed by atoms with Gasteiger partial charge in [0.15, 0.2) is 5.65 Å². The molecule has 2 aliphatic rings. The van der Waals surface area contributed by atoms with Crippen molar-refractivity contribution in [1.29, 1.82) is 0 Å². The molecule has 31 heavy (non-hydrogen) atoms. The van der Waals surface area contributed by atoms with Gasteiger partial charge < -0.3 is 9.80 Å². The van der Waals surface area contributed by atoms with E-state index in [0.717, 1.165) is 59.7 Å². The van der Waals surface area contributed by atoms with E-state index in [1.165, 1.54) is 12.7 Å². The van der Waals surface area contributed by atoms with E-state index < -0.39 is 0 Å². The molecule has 0 aliphatic carbocycles. The van der Waals surface area contributed by atoms with Crippen molar-refractivity contribution in [3.8, 4) is 11.3 Å². The quantitative estimate of drug-likeness (QED) is 0.587. The molecule has 2 aromatic heterocycles. The van der Waals surface area contributed by atoms with Crippen molar-refractivity contribution in [2.24, 2.45) is 0 Å². The molecule has 158 valence electrons. The SMILES string of the molecule is CN1CCN(c2ccc(-c3cnc4ccc(C=C5SC(=O)N(C)C5=O)nn34)cc2)CC1. The summed E-state index contributed by atoms with van der Waals surface area (Å²) in [6, 6.07) is 12.1. The van der Waals surface area contributed by atoms with Crippen LogP contribution in [0.1, 0.15) is 5.69 Å². The minimum Gasteiger partial charge on any atom is -0.369 e. The average Bonchev–Trinajstić information content (AvgIpc) is 3.31. The van der Waals surface area contributed by atoms with Crippen LogP contribution in [0, 0.1) is 0 Å². The number of hydrogen-bond acceptors (Lipinski definition) is 7. The van der Waals surface area contributed by atoms with Crippen LogP contribution in [0.3, 0.4) is 0 Å². The fourth-order valence-electron chi connectivity index (χ4n) is 3.75. The molecule has 0 N–H and O–H groups in total. The number of fused-ring (bicyclic) bond motifs is 1. The molecule has 0 saturated carbocycles. The largest absolute Gasteiger partial charge is 0.369 e. The molecule has 9 heteroatoms. The van der Waals surface area contributed by atoms with Gasteiger partial charge in [0, 0.05) is 44.5 Å². The second kappa shape index (κ2) is 7.82. The Labute approximate surface area is 184 Å². The van der Waals surface area contributed by atoms with Crippen LogP contribution in [0.2, 0.25) is 0 Å². The van der Waals surface area contributed by atoms with E-state index in [4.69, 9.17) is 0 Å². The van der Waals surface area contributed by atoms with E-state index in [9.17, 15) is 9.59 Å². The Hall–Kier alpha value is -3.17. The lowest BCUT2D eigenvalue weighted by molar-refractivity contribution is -0.121. The number of amides is 2. The molecular formula is C22H22N6O2S. The predicted molar refractivity (Wildman–Crippen MR) is 122 cm³/mol. The number of aromatic nitrogens is 3. The van der Waals surface area contributed by atoms with E-state index >= 15 is 0 Å². The van der Waals surface area contributed by atoms with Crippen LogP contribution >= 0.6 is 11.8 Å². The molecule has 2 saturated heterocycles. The molecule has 0 atom stereocenters. The van der Waals surface area contributed by atoms with Gasteiger partial charge in [0.05, 0.1) is 22.5 Å². The summed E-state index contributed by atoms with van der Waals surface area (Å²) < 4.78 is 1.77. The summed E-state index contributed by atoms with van der Waals surface area (Å²) >= 11 is 0.926. The summed E-state index contributed by atoms with van der Waals surface area (Å²) in [6.07, 6.45) is 3.45.